The zero-order valence-electron chi connectivity index (χ0n) is 11.1. The first kappa shape index (κ1) is 17.2. The van der Waals surface area contributed by atoms with E-state index in [9.17, 15) is 26.3 Å². The van der Waals surface area contributed by atoms with E-state index in [-0.39, 0.29) is 27.8 Å². The van der Waals surface area contributed by atoms with Crippen molar-refractivity contribution in [2.75, 3.05) is 0 Å². The smallest absolute Gasteiger partial charge is 0.192 e. The Balaban J connectivity index is 2.72. The van der Waals surface area contributed by atoms with Gasteiger partial charge >= 0.3 is 12.4 Å². The van der Waals surface area contributed by atoms with Gasteiger partial charge in [0.05, 0.1) is 22.8 Å². The summed E-state index contributed by atoms with van der Waals surface area (Å²) in [5, 5.41) is 8.86. The minimum Gasteiger partial charge on any atom is -0.192 e. The number of alkyl halides is 6. The van der Waals surface area contributed by atoms with Crippen molar-refractivity contribution >= 4 is 11.6 Å². The predicted octanol–water partition coefficient (Wildman–Crippen LogP) is 5.92. The minimum absolute atomic E-state index is 0.00866. The Morgan fingerprint density at radius 1 is 0.739 bits per heavy atom. The van der Waals surface area contributed by atoms with E-state index < -0.39 is 23.5 Å². The summed E-state index contributed by atoms with van der Waals surface area (Å²) in [7, 11) is 0. The molecule has 0 aromatic heterocycles. The minimum atomic E-state index is -4.94. The maximum absolute atomic E-state index is 12.8. The highest BCUT2D eigenvalue weighted by molar-refractivity contribution is 6.31. The zero-order chi connectivity index (χ0) is 17.4. The summed E-state index contributed by atoms with van der Waals surface area (Å²) in [6.07, 6.45) is -9.88. The molecule has 2 aromatic carbocycles. The molecule has 0 unspecified atom stereocenters. The molecule has 120 valence electrons. The normalized spacial score (nSPS) is 12.1. The fourth-order valence-corrected chi connectivity index (χ4v) is 2.18. The molecule has 2 rings (SSSR count). The Hall–Kier alpha value is -2.20. The molecular weight excluding hydrogens is 344 g/mol. The van der Waals surface area contributed by atoms with Crippen molar-refractivity contribution in [3.8, 4) is 17.2 Å². The van der Waals surface area contributed by atoms with Crippen molar-refractivity contribution in [3.63, 3.8) is 0 Å². The van der Waals surface area contributed by atoms with E-state index in [1.165, 1.54) is 18.2 Å². The fourth-order valence-electron chi connectivity index (χ4n) is 1.94. The molecule has 1 nitrogen and oxygen atoms in total. The molecule has 23 heavy (non-hydrogen) atoms. The maximum Gasteiger partial charge on any atom is 0.416 e. The zero-order valence-corrected chi connectivity index (χ0v) is 11.8. The summed E-state index contributed by atoms with van der Waals surface area (Å²) in [6.45, 7) is 0. The third-order valence-corrected chi connectivity index (χ3v) is 3.17. The molecule has 0 heterocycles. The van der Waals surface area contributed by atoms with Crippen molar-refractivity contribution in [2.24, 2.45) is 0 Å². The Labute approximate surface area is 131 Å². The van der Waals surface area contributed by atoms with E-state index in [2.05, 4.69) is 0 Å². The van der Waals surface area contributed by atoms with Crippen LogP contribution in [0.1, 0.15) is 16.7 Å². The Bertz CT molecular complexity index is 754. The Kier molecular flexibility index (Phi) is 4.31. The molecule has 8 heteroatoms. The molecule has 0 fully saturated rings. The van der Waals surface area contributed by atoms with Gasteiger partial charge in [-0.15, -0.1) is 0 Å². The third kappa shape index (κ3) is 3.96. The van der Waals surface area contributed by atoms with Gasteiger partial charge in [-0.05, 0) is 47.5 Å². The number of nitrogens with zero attached hydrogens (tertiary/aromatic N) is 1. The first-order valence-electron chi connectivity index (χ1n) is 6.01. The third-order valence-electron chi connectivity index (χ3n) is 2.95. The van der Waals surface area contributed by atoms with Crippen LogP contribution in [0.15, 0.2) is 36.4 Å². The molecule has 0 spiro atoms. The predicted molar refractivity (Wildman–Crippen MR) is 71.6 cm³/mol. The van der Waals surface area contributed by atoms with Gasteiger partial charge < -0.3 is 0 Å². The number of nitriles is 1. The van der Waals surface area contributed by atoms with E-state index >= 15 is 0 Å². The molecular formula is C15H6ClF6N. The van der Waals surface area contributed by atoms with E-state index in [1.54, 1.807) is 6.07 Å². The molecule has 0 N–H and O–H groups in total. The van der Waals surface area contributed by atoms with Crippen molar-refractivity contribution in [1.29, 1.82) is 5.26 Å². The number of halogens is 7. The number of benzene rings is 2. The van der Waals surface area contributed by atoms with Crippen LogP contribution in [-0.2, 0) is 12.4 Å². The van der Waals surface area contributed by atoms with Gasteiger partial charge in [-0.2, -0.15) is 31.6 Å². The average molecular weight is 350 g/mol. The summed E-state index contributed by atoms with van der Waals surface area (Å²) < 4.78 is 77.0. The summed E-state index contributed by atoms with van der Waals surface area (Å²) in [6, 6.07) is 6.56. The first-order chi connectivity index (χ1) is 10.5. The highest BCUT2D eigenvalue weighted by atomic mass is 35.5. The van der Waals surface area contributed by atoms with Crippen LogP contribution in [0, 0.1) is 11.3 Å². The molecule has 0 saturated heterocycles. The molecule has 0 bridgehead atoms. The molecule has 0 aliphatic heterocycles. The van der Waals surface area contributed by atoms with Gasteiger partial charge in [0, 0.05) is 5.02 Å². The van der Waals surface area contributed by atoms with Gasteiger partial charge in [0.1, 0.15) is 0 Å². The van der Waals surface area contributed by atoms with Crippen LogP contribution in [0.5, 0.6) is 0 Å². The number of rotatable bonds is 1. The number of hydrogen-bond acceptors (Lipinski definition) is 1. The van der Waals surface area contributed by atoms with Gasteiger partial charge in [-0.25, -0.2) is 0 Å². The van der Waals surface area contributed by atoms with Gasteiger partial charge in [0.2, 0.25) is 0 Å². The largest absolute Gasteiger partial charge is 0.416 e. The molecule has 0 saturated carbocycles. The van der Waals surface area contributed by atoms with Gasteiger partial charge in [0.25, 0.3) is 0 Å². The second kappa shape index (κ2) is 5.78. The van der Waals surface area contributed by atoms with E-state index in [1.807, 2.05) is 0 Å². The second-order valence-corrected chi connectivity index (χ2v) is 5.07. The van der Waals surface area contributed by atoms with Gasteiger partial charge in [-0.1, -0.05) is 11.6 Å². The van der Waals surface area contributed by atoms with Crippen LogP contribution >= 0.6 is 11.6 Å². The van der Waals surface area contributed by atoms with Crippen LogP contribution in [0.3, 0.4) is 0 Å². The monoisotopic (exact) mass is 349 g/mol. The maximum atomic E-state index is 12.8. The van der Waals surface area contributed by atoms with E-state index in [4.69, 9.17) is 16.9 Å². The van der Waals surface area contributed by atoms with E-state index in [0.29, 0.717) is 12.1 Å². The molecule has 2 aromatic rings. The van der Waals surface area contributed by atoms with Gasteiger partial charge in [0.15, 0.2) is 0 Å². The average Bonchev–Trinajstić information content (AvgIpc) is 2.44. The first-order valence-corrected chi connectivity index (χ1v) is 6.39. The lowest BCUT2D eigenvalue weighted by Crippen LogP contribution is -2.11. The molecule has 0 atom stereocenters. The van der Waals surface area contributed by atoms with Crippen molar-refractivity contribution in [3.05, 3.63) is 58.1 Å². The SMILES string of the molecule is N#Cc1cc(Cl)cc(-c2cc(C(F)(F)F)cc(C(F)(F)F)c2)c1. The van der Waals surface area contributed by atoms with Crippen molar-refractivity contribution in [1.82, 2.24) is 0 Å². The molecule has 0 radical (unpaired) electrons. The molecule has 0 aliphatic carbocycles. The van der Waals surface area contributed by atoms with Crippen LogP contribution in [0.2, 0.25) is 5.02 Å². The quantitative estimate of drug-likeness (QED) is 0.586. The summed E-state index contributed by atoms with van der Waals surface area (Å²) >= 11 is 5.74. The second-order valence-electron chi connectivity index (χ2n) is 4.63. The fraction of sp³-hybridized carbons (Fsp3) is 0.133. The van der Waals surface area contributed by atoms with Crippen LogP contribution in [-0.4, -0.2) is 0 Å². The van der Waals surface area contributed by atoms with Crippen LogP contribution < -0.4 is 0 Å². The Morgan fingerprint density at radius 3 is 1.65 bits per heavy atom. The topological polar surface area (TPSA) is 23.8 Å². The van der Waals surface area contributed by atoms with Gasteiger partial charge in [-0.3, -0.25) is 0 Å². The lowest BCUT2D eigenvalue weighted by molar-refractivity contribution is -0.143. The molecule has 0 amide bonds. The Morgan fingerprint density at radius 2 is 1.22 bits per heavy atom. The summed E-state index contributed by atoms with van der Waals surface area (Å²) in [5.41, 5.74) is -3.17. The standard InChI is InChI=1S/C15H6ClF6N/c16-13-2-8(7-23)1-9(5-13)10-3-11(14(17,18)19)6-12(4-10)15(20,21)22/h1-6H. The van der Waals surface area contributed by atoms with E-state index in [0.717, 1.165) is 0 Å². The number of hydrogen-bond donors (Lipinski definition) is 0. The molecule has 0 aliphatic rings. The summed E-state index contributed by atoms with van der Waals surface area (Å²) in [4.78, 5) is 0. The lowest BCUT2D eigenvalue weighted by atomic mass is 9.98. The van der Waals surface area contributed by atoms with Crippen LogP contribution in [0.25, 0.3) is 11.1 Å². The van der Waals surface area contributed by atoms with Crippen molar-refractivity contribution in [2.45, 2.75) is 12.4 Å². The highest BCUT2D eigenvalue weighted by Gasteiger charge is 2.37. The lowest BCUT2D eigenvalue weighted by Gasteiger charge is -2.14. The highest BCUT2D eigenvalue weighted by Crippen LogP contribution is 2.39. The summed E-state index contributed by atoms with van der Waals surface area (Å²) in [5.74, 6) is 0. The van der Waals surface area contributed by atoms with Crippen molar-refractivity contribution < 1.29 is 26.3 Å². The van der Waals surface area contributed by atoms with Crippen LogP contribution in [0.4, 0.5) is 26.3 Å².